The first-order valence-electron chi connectivity index (χ1n) is 12.2. The molecule has 0 rings (SSSR count). The van der Waals surface area contributed by atoms with Gasteiger partial charge in [0.1, 0.15) is 0 Å². The molecule has 0 unspecified atom stereocenters. The van der Waals surface area contributed by atoms with Crippen LogP contribution in [0.25, 0.3) is 0 Å². The van der Waals surface area contributed by atoms with E-state index < -0.39 is 30.0 Å². The molecule has 0 saturated carbocycles. The first kappa shape index (κ1) is 32.1. The fourth-order valence-corrected chi connectivity index (χ4v) is 2.73. The van der Waals surface area contributed by atoms with Crippen LogP contribution in [-0.4, -0.2) is 70.2 Å². The Morgan fingerprint density at radius 2 is 0.800 bits per heavy atom. The van der Waals surface area contributed by atoms with Crippen molar-refractivity contribution in [2.24, 2.45) is 0 Å². The third-order valence-corrected chi connectivity index (χ3v) is 4.64. The van der Waals surface area contributed by atoms with E-state index in [2.05, 4.69) is 4.74 Å². The summed E-state index contributed by atoms with van der Waals surface area (Å²) in [6, 6.07) is 0. The second-order valence-electron chi connectivity index (χ2n) is 7.60. The van der Waals surface area contributed by atoms with Crippen molar-refractivity contribution < 1.29 is 52.4 Å². The van der Waals surface area contributed by atoms with Crippen LogP contribution in [0.15, 0.2) is 0 Å². The number of esters is 4. The van der Waals surface area contributed by atoms with Crippen LogP contribution >= 0.6 is 0 Å². The summed E-state index contributed by atoms with van der Waals surface area (Å²) in [6.45, 7) is 3.11. The maximum absolute atomic E-state index is 11.5. The normalized spacial score (nSPS) is 10.2. The van der Waals surface area contributed by atoms with Gasteiger partial charge in [-0.1, -0.05) is 0 Å². The summed E-state index contributed by atoms with van der Waals surface area (Å²) in [5.41, 5.74) is 0. The minimum Gasteiger partial charge on any atom is -0.469 e. The molecule has 0 amide bonds. The minimum absolute atomic E-state index is 0.0118. The van der Waals surface area contributed by atoms with E-state index in [1.54, 1.807) is 6.92 Å². The predicted molar refractivity (Wildman–Crippen MR) is 123 cm³/mol. The molecule has 0 bridgehead atoms. The van der Waals surface area contributed by atoms with E-state index in [4.69, 9.17) is 23.7 Å². The molecular formula is C24H40O11. The molecule has 0 radical (unpaired) electrons. The Labute approximate surface area is 207 Å². The van der Waals surface area contributed by atoms with Crippen LogP contribution in [0.4, 0.5) is 4.79 Å². The van der Waals surface area contributed by atoms with Gasteiger partial charge in [0.25, 0.3) is 0 Å². The van der Waals surface area contributed by atoms with Crippen molar-refractivity contribution in [2.45, 2.75) is 84.0 Å². The van der Waals surface area contributed by atoms with Gasteiger partial charge in [-0.2, -0.15) is 0 Å². The van der Waals surface area contributed by atoms with E-state index in [0.29, 0.717) is 45.5 Å². The van der Waals surface area contributed by atoms with Gasteiger partial charge in [-0.25, -0.2) is 4.79 Å². The van der Waals surface area contributed by atoms with Crippen molar-refractivity contribution in [1.29, 1.82) is 0 Å². The van der Waals surface area contributed by atoms with Gasteiger partial charge in [0.05, 0.1) is 65.8 Å². The standard InChI is InChI=1S/C24H40O11/c1-3-31-21(26)14-15-23(28)33-17-9-5-7-11-19-35-24(29)34-18-10-6-4-8-16-32-22(27)13-12-20(25)30-2/h3-19H2,1-2H3. The molecule has 0 heterocycles. The van der Waals surface area contributed by atoms with E-state index in [1.807, 2.05) is 0 Å². The number of rotatable bonds is 21. The van der Waals surface area contributed by atoms with Crippen molar-refractivity contribution in [2.75, 3.05) is 40.1 Å². The van der Waals surface area contributed by atoms with E-state index in [-0.39, 0.29) is 38.9 Å². The second-order valence-corrected chi connectivity index (χ2v) is 7.60. The lowest BCUT2D eigenvalue weighted by molar-refractivity contribution is -0.150. The minimum atomic E-state index is -0.694. The smallest absolute Gasteiger partial charge is 0.469 e. The number of carbonyl (C=O) groups is 5. The Hall–Kier alpha value is -2.85. The van der Waals surface area contributed by atoms with Gasteiger partial charge in [-0.05, 0) is 58.3 Å². The maximum Gasteiger partial charge on any atom is 0.508 e. The summed E-state index contributed by atoms with van der Waals surface area (Å²) in [7, 11) is 1.27. The largest absolute Gasteiger partial charge is 0.508 e. The molecule has 0 atom stereocenters. The number of unbranched alkanes of at least 4 members (excludes halogenated alkanes) is 6. The molecule has 0 N–H and O–H groups in total. The average molecular weight is 505 g/mol. The molecule has 0 fully saturated rings. The number of methoxy groups -OCH3 is 1. The molecule has 0 saturated heterocycles. The van der Waals surface area contributed by atoms with Crippen molar-refractivity contribution in [1.82, 2.24) is 0 Å². The molecule has 0 aliphatic carbocycles. The van der Waals surface area contributed by atoms with Gasteiger partial charge in [0.2, 0.25) is 0 Å². The van der Waals surface area contributed by atoms with Crippen LogP contribution < -0.4 is 0 Å². The number of ether oxygens (including phenoxy) is 6. The Bertz CT molecular complexity index is 619. The lowest BCUT2D eigenvalue weighted by atomic mass is 10.2. The Balaban J connectivity index is 3.39. The van der Waals surface area contributed by atoms with Crippen LogP contribution in [-0.2, 0) is 47.6 Å². The summed E-state index contributed by atoms with van der Waals surface area (Å²) >= 11 is 0. The quantitative estimate of drug-likeness (QED) is 0.128. The molecule has 0 aromatic rings. The van der Waals surface area contributed by atoms with Crippen molar-refractivity contribution in [3.8, 4) is 0 Å². The third-order valence-electron chi connectivity index (χ3n) is 4.64. The number of hydrogen-bond acceptors (Lipinski definition) is 11. The maximum atomic E-state index is 11.5. The highest BCUT2D eigenvalue weighted by molar-refractivity contribution is 5.78. The summed E-state index contributed by atoms with van der Waals surface area (Å²) in [6.07, 6.45) is 5.42. The number of carbonyl (C=O) groups excluding carboxylic acids is 5. The first-order valence-corrected chi connectivity index (χ1v) is 12.2. The van der Waals surface area contributed by atoms with Gasteiger partial charge in [0, 0.05) is 0 Å². The lowest BCUT2D eigenvalue weighted by Crippen LogP contribution is -2.11. The summed E-state index contributed by atoms with van der Waals surface area (Å²) in [4.78, 5) is 56.5. The van der Waals surface area contributed by atoms with Crippen LogP contribution in [0.1, 0.15) is 84.0 Å². The van der Waals surface area contributed by atoms with E-state index in [1.165, 1.54) is 7.11 Å². The SMILES string of the molecule is CCOC(=O)CCC(=O)OCCCCCCOC(=O)OCCCCCCOC(=O)CCC(=O)OC. The van der Waals surface area contributed by atoms with Gasteiger partial charge in [0.15, 0.2) is 0 Å². The highest BCUT2D eigenvalue weighted by Gasteiger charge is 2.09. The lowest BCUT2D eigenvalue weighted by Gasteiger charge is -2.07. The van der Waals surface area contributed by atoms with Crippen molar-refractivity contribution >= 4 is 30.0 Å². The zero-order valence-corrected chi connectivity index (χ0v) is 21.0. The summed E-state index contributed by atoms with van der Waals surface area (Å²) in [5, 5.41) is 0. The van der Waals surface area contributed by atoms with Gasteiger partial charge in [-0.3, -0.25) is 19.2 Å². The summed E-state index contributed by atoms with van der Waals surface area (Å²) < 4.78 is 29.2. The molecule has 11 nitrogen and oxygen atoms in total. The fourth-order valence-electron chi connectivity index (χ4n) is 2.73. The number of hydrogen-bond donors (Lipinski definition) is 0. The van der Waals surface area contributed by atoms with Crippen LogP contribution in [0.3, 0.4) is 0 Å². The van der Waals surface area contributed by atoms with E-state index in [9.17, 15) is 24.0 Å². The van der Waals surface area contributed by atoms with E-state index >= 15 is 0 Å². The van der Waals surface area contributed by atoms with Crippen LogP contribution in [0.2, 0.25) is 0 Å². The molecule has 0 aromatic carbocycles. The molecule has 35 heavy (non-hydrogen) atoms. The molecule has 202 valence electrons. The topological polar surface area (TPSA) is 141 Å². The van der Waals surface area contributed by atoms with Crippen molar-refractivity contribution in [3.63, 3.8) is 0 Å². The zero-order chi connectivity index (χ0) is 26.2. The molecule has 11 heteroatoms. The first-order chi connectivity index (χ1) is 16.9. The average Bonchev–Trinajstić information content (AvgIpc) is 2.84. The zero-order valence-electron chi connectivity index (χ0n) is 21.0. The highest BCUT2D eigenvalue weighted by atomic mass is 16.7. The molecule has 0 aromatic heterocycles. The molecular weight excluding hydrogens is 464 g/mol. The van der Waals surface area contributed by atoms with E-state index in [0.717, 1.165) is 25.7 Å². The Kier molecular flexibility index (Phi) is 21.1. The van der Waals surface area contributed by atoms with Gasteiger partial charge < -0.3 is 28.4 Å². The van der Waals surface area contributed by atoms with Gasteiger partial charge in [-0.15, -0.1) is 0 Å². The monoisotopic (exact) mass is 504 g/mol. The third kappa shape index (κ3) is 22.7. The van der Waals surface area contributed by atoms with Crippen molar-refractivity contribution in [3.05, 3.63) is 0 Å². The van der Waals surface area contributed by atoms with Crippen LogP contribution in [0, 0.1) is 0 Å². The fraction of sp³-hybridized carbons (Fsp3) is 0.792. The predicted octanol–water partition coefficient (Wildman–Crippen LogP) is 3.64. The highest BCUT2D eigenvalue weighted by Crippen LogP contribution is 2.05. The Morgan fingerprint density at radius 3 is 1.17 bits per heavy atom. The van der Waals surface area contributed by atoms with Crippen LogP contribution in [0.5, 0.6) is 0 Å². The molecule has 0 spiro atoms. The molecule has 0 aliphatic rings. The summed E-state index contributed by atoms with van der Waals surface area (Å²) in [5.74, 6) is -1.69. The van der Waals surface area contributed by atoms with Gasteiger partial charge >= 0.3 is 30.0 Å². The second kappa shape index (κ2) is 22.9. The Morgan fingerprint density at radius 1 is 0.457 bits per heavy atom. The molecule has 0 aliphatic heterocycles.